The van der Waals surface area contributed by atoms with Crippen LogP contribution in [0.3, 0.4) is 0 Å². The van der Waals surface area contributed by atoms with Crippen molar-refractivity contribution in [2.75, 3.05) is 6.26 Å². The molecule has 0 aliphatic rings. The van der Waals surface area contributed by atoms with Crippen LogP contribution < -0.4 is 0 Å². The minimum Gasteiger partial charge on any atom is -0.773 e. The molecule has 0 bridgehead atoms. The number of hydrogen-bond donors (Lipinski definition) is 0. The summed E-state index contributed by atoms with van der Waals surface area (Å²) in [5.41, 5.74) is 0. The minimum absolute atomic E-state index is 0. The van der Waals surface area contributed by atoms with Crippen LogP contribution in [0, 0.1) is 0 Å². The molecule has 2 nitrogen and oxygen atoms in total. The summed E-state index contributed by atoms with van der Waals surface area (Å²) in [7, 11) is 0. The van der Waals surface area contributed by atoms with E-state index in [-0.39, 0.29) is 0 Å². The Morgan fingerprint density at radius 1 is 1.80 bits per heavy atom. The molecule has 0 aliphatic heterocycles. The maximum atomic E-state index is 9.00. The van der Waals surface area contributed by atoms with E-state index < -0.39 is 11.1 Å². The summed E-state index contributed by atoms with van der Waals surface area (Å²) in [6.45, 7) is 0. The van der Waals surface area contributed by atoms with Crippen molar-refractivity contribution in [2.45, 2.75) is 0 Å². The van der Waals surface area contributed by atoms with E-state index in [0.29, 0.717) is 0 Å². The van der Waals surface area contributed by atoms with E-state index in [4.69, 9.17) is 8.76 Å². The molecular formula is CH3O2RfS-. The summed E-state index contributed by atoms with van der Waals surface area (Å²) in [5.74, 6) is 0. The normalized spacial score (nSPS) is 12.4. The van der Waals surface area contributed by atoms with Gasteiger partial charge in [0.05, 0.1) is 0 Å². The molecular weight excluding hydrogens is 343 g/mol. The summed E-state index contributed by atoms with van der Waals surface area (Å²) >= 11 is -1.86. The zero-order valence-electron chi connectivity index (χ0n) is 2.93. The van der Waals surface area contributed by atoms with Gasteiger partial charge in [-0.25, -0.2) is 0 Å². The molecule has 1 unspecified atom stereocenters. The van der Waals surface area contributed by atoms with E-state index in [0.717, 1.165) is 6.26 Å². The zero-order chi connectivity index (χ0) is 3.58. The Morgan fingerprint density at radius 2 is 1.80 bits per heavy atom. The van der Waals surface area contributed by atoms with E-state index in [9.17, 15) is 0 Å². The third-order valence-electron chi connectivity index (χ3n) is 0. The van der Waals surface area contributed by atoms with Crippen molar-refractivity contribution in [1.29, 1.82) is 0 Å². The molecule has 4 heteroatoms. The van der Waals surface area contributed by atoms with Crippen LogP contribution in [0.1, 0.15) is 0 Å². The zero-order valence-corrected chi connectivity index (χ0v) is 10.1. The van der Waals surface area contributed by atoms with Crippen LogP contribution >= 0.6 is 0 Å². The van der Waals surface area contributed by atoms with Crippen molar-refractivity contribution in [3.05, 3.63) is 0 Å². The largest absolute Gasteiger partial charge is 0.773 e. The Hall–Kier alpha value is -0.890. The Kier molecular flexibility index (Phi) is 5.55. The second-order valence-electron chi connectivity index (χ2n) is 0.401. The van der Waals surface area contributed by atoms with E-state index in [2.05, 4.69) is 0 Å². The fraction of sp³-hybridized carbons (Fsp3) is 1.00. The number of hydrogen-bond acceptors (Lipinski definition) is 2. The summed E-state index contributed by atoms with van der Waals surface area (Å²) < 4.78 is 18.0. The summed E-state index contributed by atoms with van der Waals surface area (Å²) in [6, 6.07) is 0. The van der Waals surface area contributed by atoms with Gasteiger partial charge in [0.2, 0.25) is 0 Å². The fourth-order valence-corrected chi connectivity index (χ4v) is 0. The Morgan fingerprint density at radius 3 is 1.80 bits per heavy atom. The monoisotopic (exact) mass is 346 g/mol. The molecule has 28 valence electrons. The Labute approximate surface area is 27.1 Å². The van der Waals surface area contributed by atoms with Crippen molar-refractivity contribution in [2.24, 2.45) is 0 Å². The first-order valence-corrected chi connectivity index (χ1v) is 2.22. The molecule has 0 fully saturated rings. The minimum atomic E-state index is -1.86. The fourth-order valence-electron chi connectivity index (χ4n) is 0. The maximum absolute atomic E-state index is 9.00. The standard InChI is InChI=1S/CH4O2S.Rf/c1-4(2)3;/h1H3,(H,2,3);/p-1. The molecule has 0 saturated heterocycles. The first kappa shape index (κ1) is 8.93. The van der Waals surface area contributed by atoms with Gasteiger partial charge in [0.15, 0.2) is 0 Å². The average molecular weight is 346 g/mol. The van der Waals surface area contributed by atoms with Crippen LogP contribution in [0.15, 0.2) is 0 Å². The predicted octanol–water partition coefficient (Wildman–Crippen LogP) is -0.505. The van der Waals surface area contributed by atoms with Crippen molar-refractivity contribution in [3.63, 3.8) is 0 Å². The van der Waals surface area contributed by atoms with Crippen LogP contribution in [0.25, 0.3) is 0 Å². The van der Waals surface area contributed by atoms with Gasteiger partial charge in [0, 0.05) is 0 Å². The van der Waals surface area contributed by atoms with Gasteiger partial charge in [-0.1, -0.05) is 11.1 Å². The third kappa shape index (κ3) is 4.84. The average Bonchev–Trinajstić information content (AvgIpc) is 0.811. The van der Waals surface area contributed by atoms with Crippen molar-refractivity contribution >= 4 is 11.1 Å². The molecule has 0 aromatic rings. The molecule has 0 spiro atoms. The van der Waals surface area contributed by atoms with Crippen LogP contribution in [0.4, 0.5) is 0 Å². The van der Waals surface area contributed by atoms with E-state index in [1.54, 1.807) is 0 Å². The van der Waals surface area contributed by atoms with Crippen molar-refractivity contribution in [3.8, 4) is 0 Å². The Bertz CT molecular complexity index is 32.6. The molecule has 0 saturated carbocycles. The maximum Gasteiger partial charge on any atom is 0 e. The van der Waals surface area contributed by atoms with Gasteiger partial charge in [-0.3, -0.25) is 4.21 Å². The quantitative estimate of drug-likeness (QED) is 0.555. The van der Waals surface area contributed by atoms with Gasteiger partial charge in [-0.2, -0.15) is 0 Å². The first-order valence-electron chi connectivity index (χ1n) is 0.742. The molecule has 0 aliphatic carbocycles. The van der Waals surface area contributed by atoms with Crippen LogP contribution in [-0.4, -0.2) is 15.0 Å². The molecule has 1 atom stereocenters. The molecule has 0 heterocycles. The molecule has 0 aromatic carbocycles. The second kappa shape index (κ2) is 3.11. The molecule has 0 rings (SSSR count). The van der Waals surface area contributed by atoms with Crippen LogP contribution in [0.2, 0.25) is 0 Å². The van der Waals surface area contributed by atoms with Gasteiger partial charge < -0.3 is 4.55 Å². The third-order valence-corrected chi connectivity index (χ3v) is 0. The number of rotatable bonds is 0. The van der Waals surface area contributed by atoms with Crippen LogP contribution in [-0.2, 0) is 11.1 Å². The molecule has 5 heavy (non-hydrogen) atoms. The van der Waals surface area contributed by atoms with Gasteiger partial charge in [-0.15, -0.1) is 0 Å². The van der Waals surface area contributed by atoms with E-state index in [1.807, 2.05) is 0 Å². The molecule has 0 N–H and O–H groups in total. The SMILES string of the molecule is CS(=O)[O-].[Rf]. The summed E-state index contributed by atoms with van der Waals surface area (Å²) in [5, 5.41) is 0. The van der Waals surface area contributed by atoms with Crippen molar-refractivity contribution < 1.29 is 8.76 Å². The Balaban J connectivity index is 0. The molecule has 0 radical (unpaired) electrons. The van der Waals surface area contributed by atoms with Crippen molar-refractivity contribution in [1.82, 2.24) is 0 Å². The van der Waals surface area contributed by atoms with Gasteiger partial charge in [-0.05, 0) is 6.26 Å². The topological polar surface area (TPSA) is 40.1 Å². The summed E-state index contributed by atoms with van der Waals surface area (Å²) in [6.07, 6.45) is 1.08. The van der Waals surface area contributed by atoms with Gasteiger partial charge in [0.1, 0.15) is 0 Å². The summed E-state index contributed by atoms with van der Waals surface area (Å²) in [4.78, 5) is 0. The molecule has 0 aromatic heterocycles. The smallest absolute Gasteiger partial charge is 0 e. The van der Waals surface area contributed by atoms with Crippen LogP contribution in [0.5, 0.6) is 0 Å². The van der Waals surface area contributed by atoms with Gasteiger partial charge >= 0.3 is 0 Å². The van der Waals surface area contributed by atoms with E-state index >= 15 is 0 Å². The second-order valence-corrected chi connectivity index (χ2v) is 1.20. The predicted molar refractivity (Wildman–Crippen MR) is 14.8 cm³/mol. The van der Waals surface area contributed by atoms with Gasteiger partial charge in [0.25, 0.3) is 0 Å². The van der Waals surface area contributed by atoms with E-state index in [1.165, 1.54) is 0 Å². The molecule has 0 amide bonds. The first-order chi connectivity index (χ1) is 1.73.